The summed E-state index contributed by atoms with van der Waals surface area (Å²) in [6, 6.07) is 19.2. The molecule has 2 aliphatic rings. The monoisotopic (exact) mass is 776 g/mol. The van der Waals surface area contributed by atoms with Crippen molar-refractivity contribution >= 4 is 57.3 Å². The molecule has 11 nitrogen and oxygen atoms in total. The van der Waals surface area contributed by atoms with Crippen LogP contribution in [0.4, 0.5) is 0 Å². The zero-order valence-corrected chi connectivity index (χ0v) is 28.4. The van der Waals surface area contributed by atoms with Gasteiger partial charge < -0.3 is 30.4 Å². The summed E-state index contributed by atoms with van der Waals surface area (Å²) in [6.07, 6.45) is 2.94. The second-order valence-corrected chi connectivity index (χ2v) is 12.8. The van der Waals surface area contributed by atoms with E-state index >= 15 is 0 Å². The molecule has 3 aromatic carbocycles. The summed E-state index contributed by atoms with van der Waals surface area (Å²) in [7, 11) is 0. The van der Waals surface area contributed by atoms with E-state index in [2.05, 4.69) is 33.2 Å². The summed E-state index contributed by atoms with van der Waals surface area (Å²) >= 11 is 2.24. The van der Waals surface area contributed by atoms with E-state index in [1.807, 2.05) is 24.3 Å². The lowest BCUT2D eigenvalue weighted by atomic mass is 9.89. The van der Waals surface area contributed by atoms with Crippen LogP contribution in [0.3, 0.4) is 0 Å². The van der Waals surface area contributed by atoms with Gasteiger partial charge in [-0.25, -0.2) is 9.59 Å². The third-order valence-corrected chi connectivity index (χ3v) is 8.81. The van der Waals surface area contributed by atoms with E-state index in [4.69, 9.17) is 4.42 Å². The normalized spacial score (nSPS) is 11.7. The lowest BCUT2D eigenvalue weighted by Crippen LogP contribution is -2.40. The molecule has 0 spiro atoms. The molecule has 0 bridgehead atoms. The minimum Gasteiger partial charge on any atom is -0.508 e. The lowest BCUT2D eigenvalue weighted by molar-refractivity contribution is -0.139. The number of carbonyl (C=O) groups is 4. The number of aromatic hydroxyl groups is 1. The number of aliphatic carboxylic acids is 1. The number of unbranched alkanes of at least 4 members (excludes halogenated alkanes) is 1. The molecule has 0 radical (unpaired) electrons. The minimum absolute atomic E-state index is 0.0186. The Kier molecular flexibility index (Phi) is 11.3. The number of phenolic OH excluding ortho intramolecular Hbond substituents is 1. The number of carboxylic acids is 2. The predicted molar refractivity (Wildman–Crippen MR) is 191 cm³/mol. The van der Waals surface area contributed by atoms with Crippen molar-refractivity contribution in [2.75, 3.05) is 6.54 Å². The molecular formula is C37H33IN2O9. The first-order chi connectivity index (χ1) is 23.5. The molecule has 1 aliphatic carbocycles. The van der Waals surface area contributed by atoms with Gasteiger partial charge in [-0.05, 0) is 120 Å². The van der Waals surface area contributed by atoms with Gasteiger partial charge >= 0.3 is 11.9 Å². The van der Waals surface area contributed by atoms with Gasteiger partial charge in [-0.15, -0.1) is 0 Å². The van der Waals surface area contributed by atoms with Gasteiger partial charge in [0.15, 0.2) is 5.43 Å². The quantitative estimate of drug-likeness (QED) is 0.0508. The van der Waals surface area contributed by atoms with Gasteiger partial charge in [0.2, 0.25) is 5.91 Å². The summed E-state index contributed by atoms with van der Waals surface area (Å²) < 4.78 is 7.01. The van der Waals surface area contributed by atoms with Gasteiger partial charge in [-0.1, -0.05) is 12.1 Å². The van der Waals surface area contributed by atoms with Crippen molar-refractivity contribution in [1.82, 2.24) is 10.6 Å². The molecule has 12 heteroatoms. The number of aromatic carboxylic acids is 1. The number of halogens is 1. The molecular weight excluding hydrogens is 743 g/mol. The number of hydrogen-bond donors (Lipinski definition) is 5. The molecule has 252 valence electrons. The number of carbonyl (C=O) groups excluding carboxylic acids is 2. The highest BCUT2D eigenvalue weighted by atomic mass is 127. The Balaban J connectivity index is 1.26. The smallest absolute Gasteiger partial charge is 0.336 e. The molecule has 1 aliphatic heterocycles. The Morgan fingerprint density at radius 2 is 1.61 bits per heavy atom. The molecule has 5 N–H and O–H groups in total. The average Bonchev–Trinajstić information content (AvgIpc) is 3.06. The van der Waals surface area contributed by atoms with Gasteiger partial charge in [0.25, 0.3) is 5.91 Å². The van der Waals surface area contributed by atoms with E-state index in [0.717, 1.165) is 9.99 Å². The van der Waals surface area contributed by atoms with Gasteiger partial charge in [-0.3, -0.25) is 14.4 Å². The van der Waals surface area contributed by atoms with Crippen molar-refractivity contribution in [3.63, 3.8) is 0 Å². The summed E-state index contributed by atoms with van der Waals surface area (Å²) in [5.41, 5.74) is 1.78. The lowest BCUT2D eigenvalue weighted by Gasteiger charge is -2.18. The second kappa shape index (κ2) is 15.8. The number of aryl methyl sites for hydroxylation is 1. The number of fused-ring (bicyclic) bond motifs is 2. The summed E-state index contributed by atoms with van der Waals surface area (Å²) in [5, 5.41) is 35.8. The molecule has 1 atom stereocenters. The highest BCUT2D eigenvalue weighted by molar-refractivity contribution is 14.1. The fourth-order valence-electron chi connectivity index (χ4n) is 5.62. The minimum atomic E-state index is -1.27. The number of phenols is 1. The maximum absolute atomic E-state index is 13.4. The summed E-state index contributed by atoms with van der Waals surface area (Å²) in [5.74, 6) is -3.26. The van der Waals surface area contributed by atoms with Crippen LogP contribution in [-0.2, 0) is 16.0 Å². The van der Waals surface area contributed by atoms with E-state index in [1.165, 1.54) is 54.1 Å². The Labute approximate surface area is 294 Å². The molecule has 1 heterocycles. The molecule has 0 unspecified atom stereocenters. The number of hydrogen-bond acceptors (Lipinski definition) is 7. The first-order valence-electron chi connectivity index (χ1n) is 15.6. The first-order valence-corrected chi connectivity index (χ1v) is 16.7. The highest BCUT2D eigenvalue weighted by Gasteiger charge is 2.25. The number of nitrogens with one attached hydrogen (secondary N) is 2. The maximum Gasteiger partial charge on any atom is 0.336 e. The third-order valence-electron chi connectivity index (χ3n) is 8.09. The van der Waals surface area contributed by atoms with Gasteiger partial charge in [0.1, 0.15) is 23.1 Å². The van der Waals surface area contributed by atoms with Crippen LogP contribution >= 0.6 is 22.6 Å². The van der Waals surface area contributed by atoms with Crippen LogP contribution in [0.15, 0.2) is 88.1 Å². The first kappa shape index (κ1) is 35.1. The predicted octanol–water partition coefficient (Wildman–Crippen LogP) is 6.07. The highest BCUT2D eigenvalue weighted by Crippen LogP contribution is 2.42. The Hall–Kier alpha value is -5.24. The fraction of sp³-hybridized carbons (Fsp3) is 0.216. The molecule has 0 saturated carbocycles. The number of benzene rings is 4. The van der Waals surface area contributed by atoms with Crippen LogP contribution in [0.25, 0.3) is 33.4 Å². The van der Waals surface area contributed by atoms with Crippen LogP contribution in [0.2, 0.25) is 0 Å². The van der Waals surface area contributed by atoms with E-state index in [0.29, 0.717) is 48.7 Å². The van der Waals surface area contributed by atoms with E-state index in [-0.39, 0.29) is 51.5 Å². The molecule has 2 amide bonds. The van der Waals surface area contributed by atoms with Crippen LogP contribution in [0.5, 0.6) is 5.75 Å². The molecule has 5 rings (SSSR count). The SMILES string of the molecule is O=C(CCCc1ccc(I)cc1)NCCCC[C@@H](NC(=O)c1ccc(C(=O)O)c(-c2c3ccc(=O)cc-3oc3cc(O)ccc23)c1)C(=O)O. The topological polar surface area (TPSA) is 183 Å². The number of rotatable bonds is 14. The average molecular weight is 777 g/mol. The summed E-state index contributed by atoms with van der Waals surface area (Å²) in [4.78, 5) is 62.1. The van der Waals surface area contributed by atoms with Crippen molar-refractivity contribution < 1.29 is 38.9 Å². The van der Waals surface area contributed by atoms with Gasteiger partial charge in [0, 0.05) is 50.7 Å². The Morgan fingerprint density at radius 3 is 2.35 bits per heavy atom. The van der Waals surface area contributed by atoms with Crippen molar-refractivity contribution in [2.24, 2.45) is 0 Å². The van der Waals surface area contributed by atoms with Crippen LogP contribution in [0.1, 0.15) is 58.4 Å². The largest absolute Gasteiger partial charge is 0.508 e. The van der Waals surface area contributed by atoms with Crippen molar-refractivity contribution in [3.05, 3.63) is 109 Å². The zero-order valence-electron chi connectivity index (χ0n) is 26.2. The number of amides is 2. The zero-order chi connectivity index (χ0) is 35.1. The van der Waals surface area contributed by atoms with Crippen molar-refractivity contribution in [2.45, 2.75) is 44.6 Å². The number of carboxylic acid groups (broad SMARTS) is 2. The van der Waals surface area contributed by atoms with E-state index in [1.54, 1.807) is 6.07 Å². The van der Waals surface area contributed by atoms with Crippen LogP contribution < -0.4 is 16.1 Å². The summed E-state index contributed by atoms with van der Waals surface area (Å²) in [6.45, 7) is 0.375. The standard InChI is InChI=1S/C37H33IN2O9/c38-23-10-7-21(8-11-23)4-3-6-33(43)39-17-2-1-5-30(37(47)48)40-35(44)22-9-14-26(36(45)46)29(18-22)34-27-15-12-24(41)19-31(27)49-32-20-25(42)13-16-28(32)34/h7-16,18-20,30,41H,1-6,17H2,(H,39,43)(H,40,44)(H,45,46)(H,47,48)/t30-/m1/s1. The molecule has 0 fully saturated rings. The van der Waals surface area contributed by atoms with E-state index < -0.39 is 23.9 Å². The second-order valence-electron chi connectivity index (χ2n) is 11.6. The Bertz CT molecular complexity index is 2060. The third kappa shape index (κ3) is 8.82. The fourth-order valence-corrected chi connectivity index (χ4v) is 5.98. The van der Waals surface area contributed by atoms with Crippen molar-refractivity contribution in [3.8, 4) is 28.2 Å². The van der Waals surface area contributed by atoms with Crippen molar-refractivity contribution in [1.29, 1.82) is 0 Å². The maximum atomic E-state index is 13.4. The van der Waals surface area contributed by atoms with Gasteiger partial charge in [-0.2, -0.15) is 0 Å². The molecule has 3 aromatic rings. The Morgan fingerprint density at radius 1 is 0.837 bits per heavy atom. The molecule has 49 heavy (non-hydrogen) atoms. The van der Waals surface area contributed by atoms with Crippen LogP contribution in [0, 0.1) is 3.57 Å². The molecule has 0 saturated heterocycles. The van der Waals surface area contributed by atoms with E-state index in [9.17, 15) is 39.3 Å². The van der Waals surface area contributed by atoms with Crippen LogP contribution in [-0.4, -0.2) is 51.7 Å². The molecule has 0 aromatic heterocycles. The van der Waals surface area contributed by atoms with Gasteiger partial charge in [0.05, 0.1) is 5.56 Å².